The standard InChI is InChI=1S/C14H23N3O2/c1-11(14(2,3)4)10-13(19)17-9-5-8-16-12(18)6-7-15/h10H,5-6,8-9H2,1-4H3,(H,16,18)(H,17,19)/b11-10+. The molecule has 5 nitrogen and oxygen atoms in total. The zero-order valence-corrected chi connectivity index (χ0v) is 12.2. The average Bonchev–Trinajstić information content (AvgIpc) is 2.27. The van der Waals surface area contributed by atoms with Crippen molar-refractivity contribution >= 4 is 11.8 Å². The maximum absolute atomic E-state index is 11.6. The van der Waals surface area contributed by atoms with Crippen LogP contribution in [0.5, 0.6) is 0 Å². The molecule has 2 N–H and O–H groups in total. The summed E-state index contributed by atoms with van der Waals surface area (Å²) in [5, 5.41) is 13.6. The third kappa shape index (κ3) is 8.83. The number of carbonyl (C=O) groups excluding carboxylic acids is 2. The lowest BCUT2D eigenvalue weighted by Crippen LogP contribution is -2.29. The van der Waals surface area contributed by atoms with Crippen molar-refractivity contribution in [3.63, 3.8) is 0 Å². The molecule has 0 aromatic heterocycles. The highest BCUT2D eigenvalue weighted by molar-refractivity contribution is 5.88. The quantitative estimate of drug-likeness (QED) is 0.564. The number of nitrogens with zero attached hydrogens (tertiary/aromatic N) is 1. The van der Waals surface area contributed by atoms with Crippen LogP contribution < -0.4 is 10.6 Å². The Labute approximate surface area is 115 Å². The van der Waals surface area contributed by atoms with Gasteiger partial charge in [-0.3, -0.25) is 9.59 Å². The number of allylic oxidation sites excluding steroid dienone is 1. The van der Waals surface area contributed by atoms with Crippen LogP contribution in [0, 0.1) is 16.7 Å². The molecule has 0 aliphatic heterocycles. The molecule has 0 saturated heterocycles. The number of nitrogens with one attached hydrogen (secondary N) is 2. The summed E-state index contributed by atoms with van der Waals surface area (Å²) in [5.74, 6) is -0.395. The van der Waals surface area contributed by atoms with Crippen molar-refractivity contribution in [1.82, 2.24) is 10.6 Å². The van der Waals surface area contributed by atoms with E-state index in [0.29, 0.717) is 19.5 Å². The molecule has 0 rings (SSSR count). The Balaban J connectivity index is 3.83. The summed E-state index contributed by atoms with van der Waals surface area (Å²) in [5.41, 5.74) is 1.01. The van der Waals surface area contributed by atoms with Crippen LogP contribution in [-0.2, 0) is 9.59 Å². The molecule has 0 saturated carbocycles. The molecule has 0 fully saturated rings. The van der Waals surface area contributed by atoms with E-state index in [-0.39, 0.29) is 23.7 Å². The fraction of sp³-hybridized carbons (Fsp3) is 0.643. The fourth-order valence-electron chi connectivity index (χ4n) is 1.13. The van der Waals surface area contributed by atoms with Crippen LogP contribution in [0.25, 0.3) is 0 Å². The second kappa shape index (κ2) is 8.30. The molecule has 0 spiro atoms. The molecule has 5 heteroatoms. The third-order valence-corrected chi connectivity index (χ3v) is 2.75. The average molecular weight is 265 g/mol. The zero-order valence-electron chi connectivity index (χ0n) is 12.2. The minimum atomic E-state index is -0.280. The first-order valence-electron chi connectivity index (χ1n) is 6.37. The molecule has 0 unspecified atom stereocenters. The van der Waals surface area contributed by atoms with Gasteiger partial charge in [-0.2, -0.15) is 5.26 Å². The number of amides is 2. The lowest BCUT2D eigenvalue weighted by Gasteiger charge is -2.19. The Bertz CT molecular complexity index is 386. The van der Waals surface area contributed by atoms with Crippen LogP contribution in [0.15, 0.2) is 11.6 Å². The number of nitriles is 1. The summed E-state index contributed by atoms with van der Waals surface area (Å²) in [6, 6.07) is 1.77. The first-order valence-corrected chi connectivity index (χ1v) is 6.37. The lowest BCUT2D eigenvalue weighted by atomic mass is 9.87. The SMILES string of the molecule is C/C(=C\C(=O)NCCCNC(=O)CC#N)C(C)(C)C. The van der Waals surface area contributed by atoms with E-state index in [1.807, 2.05) is 6.92 Å². The highest BCUT2D eigenvalue weighted by Gasteiger charge is 2.13. The Morgan fingerprint density at radius 2 is 1.79 bits per heavy atom. The first-order chi connectivity index (χ1) is 8.77. The van der Waals surface area contributed by atoms with Gasteiger partial charge in [-0.25, -0.2) is 0 Å². The van der Waals surface area contributed by atoms with Gasteiger partial charge in [-0.05, 0) is 18.8 Å². The van der Waals surface area contributed by atoms with E-state index in [4.69, 9.17) is 5.26 Å². The largest absolute Gasteiger partial charge is 0.355 e. The topological polar surface area (TPSA) is 82.0 Å². The van der Waals surface area contributed by atoms with Gasteiger partial charge in [0.05, 0.1) is 6.07 Å². The van der Waals surface area contributed by atoms with Crippen molar-refractivity contribution in [2.75, 3.05) is 13.1 Å². The zero-order chi connectivity index (χ0) is 14.9. The van der Waals surface area contributed by atoms with Crippen molar-refractivity contribution in [2.24, 2.45) is 5.41 Å². The molecule has 0 bridgehead atoms. The van der Waals surface area contributed by atoms with E-state index < -0.39 is 0 Å². The summed E-state index contributed by atoms with van der Waals surface area (Å²) in [6.45, 7) is 9.05. The summed E-state index contributed by atoms with van der Waals surface area (Å²) in [4.78, 5) is 22.5. The van der Waals surface area contributed by atoms with Crippen LogP contribution >= 0.6 is 0 Å². The Hall–Kier alpha value is -1.83. The molecule has 0 heterocycles. The van der Waals surface area contributed by atoms with E-state index in [0.717, 1.165) is 5.57 Å². The molecule has 0 atom stereocenters. The highest BCUT2D eigenvalue weighted by atomic mass is 16.2. The van der Waals surface area contributed by atoms with Crippen LogP contribution in [-0.4, -0.2) is 24.9 Å². The number of hydrogen-bond acceptors (Lipinski definition) is 3. The van der Waals surface area contributed by atoms with Gasteiger partial charge in [0.15, 0.2) is 0 Å². The van der Waals surface area contributed by atoms with Gasteiger partial charge in [0, 0.05) is 19.2 Å². The van der Waals surface area contributed by atoms with Gasteiger partial charge in [0.2, 0.25) is 11.8 Å². The van der Waals surface area contributed by atoms with E-state index in [2.05, 4.69) is 31.4 Å². The summed E-state index contributed by atoms with van der Waals surface area (Å²) < 4.78 is 0. The van der Waals surface area contributed by atoms with Crippen LogP contribution in [0.2, 0.25) is 0 Å². The molecule has 19 heavy (non-hydrogen) atoms. The Morgan fingerprint density at radius 1 is 1.21 bits per heavy atom. The lowest BCUT2D eigenvalue weighted by molar-refractivity contribution is -0.120. The van der Waals surface area contributed by atoms with Gasteiger partial charge in [-0.1, -0.05) is 26.3 Å². The summed E-state index contributed by atoms with van der Waals surface area (Å²) in [6.07, 6.45) is 2.12. The molecular formula is C14H23N3O2. The number of carbonyl (C=O) groups is 2. The molecule has 0 aromatic rings. The maximum atomic E-state index is 11.6. The van der Waals surface area contributed by atoms with Gasteiger partial charge >= 0.3 is 0 Å². The number of hydrogen-bond donors (Lipinski definition) is 2. The highest BCUT2D eigenvalue weighted by Crippen LogP contribution is 2.23. The van der Waals surface area contributed by atoms with Crippen molar-refractivity contribution < 1.29 is 9.59 Å². The molecule has 0 aromatic carbocycles. The first kappa shape index (κ1) is 17.2. The van der Waals surface area contributed by atoms with Crippen molar-refractivity contribution in [2.45, 2.75) is 40.5 Å². The second-order valence-electron chi connectivity index (χ2n) is 5.41. The van der Waals surface area contributed by atoms with Gasteiger partial charge in [-0.15, -0.1) is 0 Å². The second-order valence-corrected chi connectivity index (χ2v) is 5.41. The van der Waals surface area contributed by atoms with Gasteiger partial charge in [0.25, 0.3) is 0 Å². The molecule has 106 valence electrons. The van der Waals surface area contributed by atoms with Crippen LogP contribution in [0.4, 0.5) is 0 Å². The van der Waals surface area contributed by atoms with Crippen LogP contribution in [0.3, 0.4) is 0 Å². The van der Waals surface area contributed by atoms with Crippen molar-refractivity contribution in [3.05, 3.63) is 11.6 Å². The summed E-state index contributed by atoms with van der Waals surface area (Å²) >= 11 is 0. The summed E-state index contributed by atoms with van der Waals surface area (Å²) in [7, 11) is 0. The minimum Gasteiger partial charge on any atom is -0.355 e. The molecule has 0 aliphatic rings. The smallest absolute Gasteiger partial charge is 0.243 e. The third-order valence-electron chi connectivity index (χ3n) is 2.75. The fourth-order valence-corrected chi connectivity index (χ4v) is 1.13. The predicted molar refractivity (Wildman–Crippen MR) is 74.1 cm³/mol. The Morgan fingerprint density at radius 3 is 2.32 bits per heavy atom. The normalized spacial score (nSPS) is 11.6. The van der Waals surface area contributed by atoms with E-state index in [1.165, 1.54) is 0 Å². The van der Waals surface area contributed by atoms with E-state index in [9.17, 15) is 9.59 Å². The Kier molecular flexibility index (Phi) is 7.50. The van der Waals surface area contributed by atoms with E-state index in [1.54, 1.807) is 12.1 Å². The van der Waals surface area contributed by atoms with Gasteiger partial charge in [0.1, 0.15) is 6.42 Å². The monoisotopic (exact) mass is 265 g/mol. The maximum Gasteiger partial charge on any atom is 0.243 e. The van der Waals surface area contributed by atoms with Crippen LogP contribution in [0.1, 0.15) is 40.5 Å². The van der Waals surface area contributed by atoms with E-state index >= 15 is 0 Å². The predicted octanol–water partition coefficient (Wildman–Crippen LogP) is 1.51. The molecule has 2 amide bonds. The van der Waals surface area contributed by atoms with Crippen molar-refractivity contribution in [1.29, 1.82) is 5.26 Å². The molecule has 0 aliphatic carbocycles. The van der Waals surface area contributed by atoms with Crippen molar-refractivity contribution in [3.8, 4) is 6.07 Å². The van der Waals surface area contributed by atoms with Gasteiger partial charge < -0.3 is 10.6 Å². The minimum absolute atomic E-state index is 0.0113. The number of rotatable bonds is 6. The molecular weight excluding hydrogens is 242 g/mol. The molecule has 0 radical (unpaired) electrons.